The summed E-state index contributed by atoms with van der Waals surface area (Å²) in [4.78, 5) is 7.81. The van der Waals surface area contributed by atoms with E-state index in [0.29, 0.717) is 11.7 Å². The van der Waals surface area contributed by atoms with Crippen LogP contribution in [0.3, 0.4) is 0 Å². The molecule has 6 heteroatoms. The first kappa shape index (κ1) is 14.4. The standard InChI is InChI=1S/C15H17N3OS2/c1-10-5-9-21-14(10)13-12(11-4-2-3-6-16-11)17-15(20)18(13)7-8-19/h2-6,9,12-13,19H,7-8H2,1H3,(H,17,20)/t12-,13-/m0/s1. The zero-order valence-corrected chi connectivity index (χ0v) is 13.3. The van der Waals surface area contributed by atoms with Crippen LogP contribution < -0.4 is 5.32 Å². The molecule has 0 amide bonds. The molecule has 0 unspecified atom stereocenters. The number of thiocarbonyl (C=S) groups is 1. The molecule has 21 heavy (non-hydrogen) atoms. The Morgan fingerprint density at radius 2 is 2.29 bits per heavy atom. The Labute approximate surface area is 133 Å². The van der Waals surface area contributed by atoms with Crippen LogP contribution in [0, 0.1) is 6.92 Å². The topological polar surface area (TPSA) is 48.4 Å². The Morgan fingerprint density at radius 1 is 1.43 bits per heavy atom. The summed E-state index contributed by atoms with van der Waals surface area (Å²) in [6.45, 7) is 2.72. The van der Waals surface area contributed by atoms with E-state index in [2.05, 4.69) is 33.6 Å². The van der Waals surface area contributed by atoms with Crippen molar-refractivity contribution in [1.82, 2.24) is 15.2 Å². The van der Waals surface area contributed by atoms with Crippen LogP contribution in [-0.4, -0.2) is 33.3 Å². The highest BCUT2D eigenvalue weighted by Gasteiger charge is 2.40. The average Bonchev–Trinajstić information content (AvgIpc) is 3.05. The molecule has 2 atom stereocenters. The summed E-state index contributed by atoms with van der Waals surface area (Å²) in [6, 6.07) is 8.13. The molecule has 2 aromatic heterocycles. The quantitative estimate of drug-likeness (QED) is 0.848. The van der Waals surface area contributed by atoms with Gasteiger partial charge in [0.15, 0.2) is 5.11 Å². The monoisotopic (exact) mass is 319 g/mol. The van der Waals surface area contributed by atoms with E-state index in [9.17, 15) is 5.11 Å². The Kier molecular flexibility index (Phi) is 4.19. The van der Waals surface area contributed by atoms with Crippen LogP contribution in [-0.2, 0) is 0 Å². The van der Waals surface area contributed by atoms with Crippen molar-refractivity contribution in [2.24, 2.45) is 0 Å². The van der Waals surface area contributed by atoms with Crippen LogP contribution in [0.5, 0.6) is 0 Å². The molecule has 0 bridgehead atoms. The van der Waals surface area contributed by atoms with Gasteiger partial charge in [-0.15, -0.1) is 11.3 Å². The van der Waals surface area contributed by atoms with Crippen molar-refractivity contribution in [1.29, 1.82) is 0 Å². The van der Waals surface area contributed by atoms with Gasteiger partial charge < -0.3 is 15.3 Å². The van der Waals surface area contributed by atoms with Crippen molar-refractivity contribution >= 4 is 28.7 Å². The molecule has 3 rings (SSSR count). The van der Waals surface area contributed by atoms with E-state index in [-0.39, 0.29) is 18.7 Å². The number of hydrogen-bond acceptors (Lipinski definition) is 4. The third-order valence-electron chi connectivity index (χ3n) is 3.71. The molecule has 0 radical (unpaired) electrons. The predicted molar refractivity (Wildman–Crippen MR) is 88.3 cm³/mol. The zero-order chi connectivity index (χ0) is 14.8. The van der Waals surface area contributed by atoms with Gasteiger partial charge in [-0.05, 0) is 48.3 Å². The molecule has 2 N–H and O–H groups in total. The molecule has 1 aliphatic heterocycles. The molecule has 0 aromatic carbocycles. The highest BCUT2D eigenvalue weighted by molar-refractivity contribution is 7.80. The number of thiophene rings is 1. The number of pyridine rings is 1. The summed E-state index contributed by atoms with van der Waals surface area (Å²) in [7, 11) is 0. The maximum absolute atomic E-state index is 9.34. The highest BCUT2D eigenvalue weighted by Crippen LogP contribution is 2.41. The lowest BCUT2D eigenvalue weighted by Gasteiger charge is -2.26. The second kappa shape index (κ2) is 6.09. The van der Waals surface area contributed by atoms with Crippen LogP contribution in [0.15, 0.2) is 35.8 Å². The molecule has 110 valence electrons. The van der Waals surface area contributed by atoms with Crippen molar-refractivity contribution in [3.63, 3.8) is 0 Å². The molecule has 1 aliphatic rings. The van der Waals surface area contributed by atoms with Crippen molar-refractivity contribution < 1.29 is 5.11 Å². The first-order valence-corrected chi connectivity index (χ1v) is 8.14. The fourth-order valence-electron chi connectivity index (χ4n) is 2.73. The zero-order valence-electron chi connectivity index (χ0n) is 11.7. The van der Waals surface area contributed by atoms with Crippen LogP contribution >= 0.6 is 23.6 Å². The van der Waals surface area contributed by atoms with E-state index in [0.717, 1.165) is 5.69 Å². The van der Waals surface area contributed by atoms with Gasteiger partial charge in [0.2, 0.25) is 0 Å². The maximum atomic E-state index is 9.34. The number of nitrogens with one attached hydrogen (secondary N) is 1. The van der Waals surface area contributed by atoms with Crippen LogP contribution in [0.25, 0.3) is 0 Å². The van der Waals surface area contributed by atoms with Crippen molar-refractivity contribution in [3.05, 3.63) is 52.0 Å². The molecule has 0 aliphatic carbocycles. The first-order chi connectivity index (χ1) is 10.2. The van der Waals surface area contributed by atoms with Gasteiger partial charge in [-0.2, -0.15) is 0 Å². The number of aliphatic hydroxyl groups is 1. The Bertz CT molecular complexity index is 629. The second-order valence-corrected chi connectivity index (χ2v) is 6.35. The van der Waals surface area contributed by atoms with E-state index >= 15 is 0 Å². The lowest BCUT2D eigenvalue weighted by molar-refractivity contribution is 0.224. The molecule has 4 nitrogen and oxygen atoms in total. The Hall–Kier alpha value is -1.50. The van der Waals surface area contributed by atoms with Gasteiger partial charge in [0.25, 0.3) is 0 Å². The Morgan fingerprint density at radius 3 is 2.90 bits per heavy atom. The molecular weight excluding hydrogens is 302 g/mol. The molecule has 1 saturated heterocycles. The van der Waals surface area contributed by atoms with E-state index in [4.69, 9.17) is 12.2 Å². The normalized spacial score (nSPS) is 21.6. The van der Waals surface area contributed by atoms with E-state index in [1.807, 2.05) is 18.2 Å². The third-order valence-corrected chi connectivity index (χ3v) is 5.15. The van der Waals surface area contributed by atoms with Crippen LogP contribution in [0.2, 0.25) is 0 Å². The summed E-state index contributed by atoms with van der Waals surface area (Å²) < 4.78 is 0. The molecular formula is C15H17N3OS2. The summed E-state index contributed by atoms with van der Waals surface area (Å²) in [5.74, 6) is 0. The number of aliphatic hydroxyl groups excluding tert-OH is 1. The maximum Gasteiger partial charge on any atom is 0.170 e. The van der Waals surface area contributed by atoms with E-state index in [1.54, 1.807) is 17.5 Å². The SMILES string of the molecule is Cc1ccsc1[C@@H]1[C@H](c2ccccn2)NC(=S)N1CCO. The molecule has 3 heterocycles. The molecule has 0 spiro atoms. The highest BCUT2D eigenvalue weighted by atomic mass is 32.1. The number of aryl methyl sites for hydroxylation is 1. The van der Waals surface area contributed by atoms with Crippen molar-refractivity contribution in [3.8, 4) is 0 Å². The van der Waals surface area contributed by atoms with Crippen LogP contribution in [0.1, 0.15) is 28.2 Å². The lowest BCUT2D eigenvalue weighted by atomic mass is 10.0. The molecule has 1 fully saturated rings. The summed E-state index contributed by atoms with van der Waals surface area (Å²) in [5, 5.41) is 15.5. The second-order valence-electron chi connectivity index (χ2n) is 5.01. The van der Waals surface area contributed by atoms with Gasteiger partial charge in [0.05, 0.1) is 24.4 Å². The summed E-state index contributed by atoms with van der Waals surface area (Å²) in [5.41, 5.74) is 2.22. The van der Waals surface area contributed by atoms with Gasteiger partial charge >= 0.3 is 0 Å². The number of aromatic nitrogens is 1. The first-order valence-electron chi connectivity index (χ1n) is 6.85. The van der Waals surface area contributed by atoms with Gasteiger partial charge in [-0.1, -0.05) is 6.07 Å². The molecule has 2 aromatic rings. The number of nitrogens with zero attached hydrogens (tertiary/aromatic N) is 2. The smallest absolute Gasteiger partial charge is 0.170 e. The lowest BCUT2D eigenvalue weighted by Crippen LogP contribution is -2.32. The predicted octanol–water partition coefficient (Wildman–Crippen LogP) is 2.42. The summed E-state index contributed by atoms with van der Waals surface area (Å²) >= 11 is 7.18. The largest absolute Gasteiger partial charge is 0.395 e. The summed E-state index contributed by atoms with van der Waals surface area (Å²) in [6.07, 6.45) is 1.80. The third kappa shape index (κ3) is 2.66. The fraction of sp³-hybridized carbons (Fsp3) is 0.333. The minimum absolute atomic E-state index is 0.0163. The van der Waals surface area contributed by atoms with E-state index in [1.165, 1.54) is 10.4 Å². The minimum Gasteiger partial charge on any atom is -0.395 e. The van der Waals surface area contributed by atoms with E-state index < -0.39 is 0 Å². The number of hydrogen-bond donors (Lipinski definition) is 2. The van der Waals surface area contributed by atoms with Crippen molar-refractivity contribution in [2.75, 3.05) is 13.2 Å². The number of rotatable bonds is 4. The van der Waals surface area contributed by atoms with Gasteiger partial charge in [-0.3, -0.25) is 4.98 Å². The average molecular weight is 319 g/mol. The van der Waals surface area contributed by atoms with Crippen molar-refractivity contribution in [2.45, 2.75) is 19.0 Å². The minimum atomic E-state index is 0.0163. The van der Waals surface area contributed by atoms with Gasteiger partial charge in [0, 0.05) is 17.6 Å². The fourth-order valence-corrected chi connectivity index (χ4v) is 4.13. The van der Waals surface area contributed by atoms with Gasteiger partial charge in [-0.25, -0.2) is 0 Å². The number of β-amino-alcohol motifs (C(OH)–C–C–N with tert-alkyl or cyclic N) is 1. The van der Waals surface area contributed by atoms with Gasteiger partial charge in [0.1, 0.15) is 0 Å². The molecule has 0 saturated carbocycles. The Balaban J connectivity index is 2.03. The van der Waals surface area contributed by atoms with Crippen LogP contribution in [0.4, 0.5) is 0 Å².